The number of hydrogen-bond acceptors (Lipinski definition) is 5. The number of benzene rings is 1. The van der Waals surface area contributed by atoms with Crippen molar-refractivity contribution in [3.8, 4) is 5.75 Å². The van der Waals surface area contributed by atoms with Gasteiger partial charge in [-0.25, -0.2) is 0 Å². The van der Waals surface area contributed by atoms with E-state index in [0.29, 0.717) is 31.0 Å². The maximum atomic E-state index is 11.7. The molecule has 1 amide bonds. The number of carbonyl (C=O) groups excluding carboxylic acids is 1. The highest BCUT2D eigenvalue weighted by Crippen LogP contribution is 2.19. The van der Waals surface area contributed by atoms with Crippen LogP contribution in [0.3, 0.4) is 0 Å². The lowest BCUT2D eigenvalue weighted by Crippen LogP contribution is -2.39. The first kappa shape index (κ1) is 16.0. The Labute approximate surface area is 130 Å². The van der Waals surface area contributed by atoms with Crippen LogP contribution in [0, 0.1) is 0 Å². The number of hydrogen-bond donors (Lipinski definition) is 2. The van der Waals surface area contributed by atoms with Gasteiger partial charge in [-0.2, -0.15) is 11.8 Å². The molecule has 1 fully saturated rings. The molecule has 1 aliphatic heterocycles. The molecule has 116 valence electrons. The van der Waals surface area contributed by atoms with E-state index in [4.69, 9.17) is 10.5 Å². The summed E-state index contributed by atoms with van der Waals surface area (Å²) in [7, 11) is 0. The van der Waals surface area contributed by atoms with Crippen LogP contribution in [0.5, 0.6) is 5.75 Å². The maximum absolute atomic E-state index is 11.7. The third kappa shape index (κ3) is 5.85. The van der Waals surface area contributed by atoms with Crippen LogP contribution < -0.4 is 15.8 Å². The van der Waals surface area contributed by atoms with Crippen LogP contribution in [0.4, 0.5) is 5.69 Å². The Bertz CT molecular complexity index is 450. The summed E-state index contributed by atoms with van der Waals surface area (Å²) in [4.78, 5) is 14.1. The number of para-hydroxylation sites is 2. The summed E-state index contributed by atoms with van der Waals surface area (Å²) in [5.74, 6) is 3.05. The highest BCUT2D eigenvalue weighted by atomic mass is 32.2. The number of anilines is 1. The third-order valence-corrected chi connectivity index (χ3v) is 4.30. The Kier molecular flexibility index (Phi) is 6.69. The fourth-order valence-electron chi connectivity index (χ4n) is 2.13. The van der Waals surface area contributed by atoms with Crippen LogP contribution in [0.25, 0.3) is 0 Å². The summed E-state index contributed by atoms with van der Waals surface area (Å²) in [5.41, 5.74) is 6.37. The molecule has 3 N–H and O–H groups in total. The molecule has 0 atom stereocenters. The van der Waals surface area contributed by atoms with Gasteiger partial charge in [0.1, 0.15) is 5.75 Å². The molecule has 1 heterocycles. The highest BCUT2D eigenvalue weighted by Gasteiger charge is 2.10. The SMILES string of the molecule is Nc1ccccc1OCCC(=O)NCCN1CCSCC1. The van der Waals surface area contributed by atoms with Crippen molar-refractivity contribution in [3.05, 3.63) is 24.3 Å². The minimum Gasteiger partial charge on any atom is -0.491 e. The average molecular weight is 309 g/mol. The molecular formula is C15H23N3O2S. The summed E-state index contributed by atoms with van der Waals surface area (Å²) < 4.78 is 5.50. The Hall–Kier alpha value is -1.40. The minimum atomic E-state index is 0.0240. The summed E-state index contributed by atoms with van der Waals surface area (Å²) in [6, 6.07) is 7.31. The highest BCUT2D eigenvalue weighted by molar-refractivity contribution is 7.99. The predicted octanol–water partition coefficient (Wildman–Crippen LogP) is 1.20. The molecule has 21 heavy (non-hydrogen) atoms. The third-order valence-electron chi connectivity index (χ3n) is 3.36. The van der Waals surface area contributed by atoms with E-state index in [9.17, 15) is 4.79 Å². The van der Waals surface area contributed by atoms with Crippen molar-refractivity contribution in [2.45, 2.75) is 6.42 Å². The average Bonchev–Trinajstić information content (AvgIpc) is 2.50. The van der Waals surface area contributed by atoms with Crippen molar-refractivity contribution < 1.29 is 9.53 Å². The quantitative estimate of drug-likeness (QED) is 0.741. The Morgan fingerprint density at radius 3 is 2.86 bits per heavy atom. The number of amides is 1. The lowest BCUT2D eigenvalue weighted by atomic mass is 10.3. The van der Waals surface area contributed by atoms with Gasteiger partial charge in [0.25, 0.3) is 0 Å². The molecule has 0 aromatic heterocycles. The van der Waals surface area contributed by atoms with Crippen LogP contribution in [-0.4, -0.2) is 55.1 Å². The summed E-state index contributed by atoms with van der Waals surface area (Å²) >= 11 is 1.99. The first-order valence-corrected chi connectivity index (χ1v) is 8.45. The number of nitrogens with zero attached hydrogens (tertiary/aromatic N) is 1. The van der Waals surface area contributed by atoms with E-state index in [2.05, 4.69) is 10.2 Å². The van der Waals surface area contributed by atoms with Crippen molar-refractivity contribution in [3.63, 3.8) is 0 Å². The molecule has 0 radical (unpaired) electrons. The van der Waals surface area contributed by atoms with Crippen LogP contribution in [-0.2, 0) is 4.79 Å². The van der Waals surface area contributed by atoms with Crippen LogP contribution in [0.2, 0.25) is 0 Å². The molecule has 6 heteroatoms. The van der Waals surface area contributed by atoms with Crippen molar-refractivity contribution in [1.29, 1.82) is 0 Å². The Morgan fingerprint density at radius 1 is 1.33 bits per heavy atom. The molecule has 0 spiro atoms. The smallest absolute Gasteiger partial charge is 0.223 e. The number of thioether (sulfide) groups is 1. The molecule has 0 unspecified atom stereocenters. The summed E-state index contributed by atoms with van der Waals surface area (Å²) in [6.45, 7) is 4.23. The maximum Gasteiger partial charge on any atom is 0.223 e. The zero-order valence-corrected chi connectivity index (χ0v) is 13.0. The van der Waals surface area contributed by atoms with E-state index >= 15 is 0 Å². The zero-order chi connectivity index (χ0) is 14.9. The van der Waals surface area contributed by atoms with Crippen LogP contribution in [0.15, 0.2) is 24.3 Å². The van der Waals surface area contributed by atoms with Crippen LogP contribution >= 0.6 is 11.8 Å². The number of ether oxygens (including phenoxy) is 1. The van der Waals surface area contributed by atoms with Crippen molar-refractivity contribution in [2.75, 3.05) is 50.0 Å². The second-order valence-corrected chi connectivity index (χ2v) is 6.16. The Morgan fingerprint density at radius 2 is 2.10 bits per heavy atom. The largest absolute Gasteiger partial charge is 0.491 e. The molecule has 0 saturated carbocycles. The second kappa shape index (κ2) is 8.79. The molecule has 1 aliphatic rings. The van der Waals surface area contributed by atoms with Gasteiger partial charge in [0.15, 0.2) is 0 Å². The minimum absolute atomic E-state index is 0.0240. The van der Waals surface area contributed by atoms with Crippen LogP contribution in [0.1, 0.15) is 6.42 Å². The van der Waals surface area contributed by atoms with Gasteiger partial charge in [0, 0.05) is 37.7 Å². The first-order valence-electron chi connectivity index (χ1n) is 7.30. The fourth-order valence-corrected chi connectivity index (χ4v) is 3.11. The Balaban J connectivity index is 1.56. The molecule has 5 nitrogen and oxygen atoms in total. The van der Waals surface area contributed by atoms with Crippen molar-refractivity contribution >= 4 is 23.4 Å². The van der Waals surface area contributed by atoms with Gasteiger partial charge in [0.2, 0.25) is 5.91 Å². The normalized spacial score (nSPS) is 15.6. The van der Waals surface area contributed by atoms with Gasteiger partial charge in [-0.3, -0.25) is 9.69 Å². The molecule has 1 aromatic rings. The fraction of sp³-hybridized carbons (Fsp3) is 0.533. The van der Waals surface area contributed by atoms with E-state index in [1.165, 1.54) is 11.5 Å². The van der Waals surface area contributed by atoms with Gasteiger partial charge in [0.05, 0.1) is 18.7 Å². The van der Waals surface area contributed by atoms with E-state index in [1.54, 1.807) is 6.07 Å². The summed E-state index contributed by atoms with van der Waals surface area (Å²) in [5, 5.41) is 2.93. The molecule has 2 rings (SSSR count). The predicted molar refractivity (Wildman–Crippen MR) is 87.7 cm³/mol. The van der Waals surface area contributed by atoms with Crippen molar-refractivity contribution in [2.24, 2.45) is 0 Å². The van der Waals surface area contributed by atoms with E-state index < -0.39 is 0 Å². The lowest BCUT2D eigenvalue weighted by Gasteiger charge is -2.25. The van der Waals surface area contributed by atoms with Gasteiger partial charge in [-0.1, -0.05) is 12.1 Å². The zero-order valence-electron chi connectivity index (χ0n) is 12.2. The number of nitrogens with one attached hydrogen (secondary N) is 1. The standard InChI is InChI=1S/C15H23N3O2S/c16-13-3-1-2-4-14(13)20-10-5-15(19)17-6-7-18-8-11-21-12-9-18/h1-4H,5-12,16H2,(H,17,19). The number of carbonyl (C=O) groups is 1. The lowest BCUT2D eigenvalue weighted by molar-refractivity contribution is -0.121. The van der Waals surface area contributed by atoms with Gasteiger partial charge in [-0.05, 0) is 12.1 Å². The number of rotatable bonds is 7. The summed E-state index contributed by atoms with van der Waals surface area (Å²) in [6.07, 6.45) is 0.351. The van der Waals surface area contributed by atoms with E-state index in [0.717, 1.165) is 19.6 Å². The molecule has 1 aromatic carbocycles. The molecular weight excluding hydrogens is 286 g/mol. The molecule has 1 saturated heterocycles. The monoisotopic (exact) mass is 309 g/mol. The number of nitrogen functional groups attached to an aromatic ring is 1. The topological polar surface area (TPSA) is 67.6 Å². The van der Waals surface area contributed by atoms with Gasteiger partial charge >= 0.3 is 0 Å². The van der Waals surface area contributed by atoms with Gasteiger partial charge < -0.3 is 15.8 Å². The first-order chi connectivity index (χ1) is 10.3. The number of nitrogens with two attached hydrogens (primary N) is 1. The van der Waals surface area contributed by atoms with E-state index in [-0.39, 0.29) is 5.91 Å². The van der Waals surface area contributed by atoms with Crippen molar-refractivity contribution in [1.82, 2.24) is 10.2 Å². The van der Waals surface area contributed by atoms with E-state index in [1.807, 2.05) is 30.0 Å². The molecule has 0 aliphatic carbocycles. The van der Waals surface area contributed by atoms with Gasteiger partial charge in [-0.15, -0.1) is 0 Å². The molecule has 0 bridgehead atoms. The second-order valence-electron chi connectivity index (χ2n) is 4.94.